The summed E-state index contributed by atoms with van der Waals surface area (Å²) >= 11 is 0.194. The van der Waals surface area contributed by atoms with Gasteiger partial charge in [0.25, 0.3) is 0 Å². The van der Waals surface area contributed by atoms with E-state index in [-0.39, 0.29) is 13.1 Å². The fourth-order valence-electron chi connectivity index (χ4n) is 2.75. The van der Waals surface area contributed by atoms with Crippen molar-refractivity contribution in [3.63, 3.8) is 0 Å². The number of benzene rings is 2. The quantitative estimate of drug-likeness (QED) is 0.266. The van der Waals surface area contributed by atoms with Crippen molar-refractivity contribution in [1.29, 1.82) is 0 Å². The first-order chi connectivity index (χ1) is 14.1. The average Bonchev–Trinajstić information content (AvgIpc) is 3.22. The van der Waals surface area contributed by atoms with Crippen molar-refractivity contribution in [2.24, 2.45) is 9.98 Å². The fraction of sp³-hybridized carbons (Fsp3) is 0.217. The molecule has 0 amide bonds. The van der Waals surface area contributed by atoms with Gasteiger partial charge in [-0.3, -0.25) is 0 Å². The third-order valence-electron chi connectivity index (χ3n) is 4.14. The fourth-order valence-corrected chi connectivity index (χ4v) is 2.75. The van der Waals surface area contributed by atoms with Gasteiger partial charge >= 0.3 is 33.3 Å². The number of para-hydroxylation sites is 1. The van der Waals surface area contributed by atoms with Crippen molar-refractivity contribution in [3.8, 4) is 0 Å². The van der Waals surface area contributed by atoms with E-state index in [2.05, 4.69) is 41.2 Å². The van der Waals surface area contributed by atoms with E-state index >= 15 is 0 Å². The van der Waals surface area contributed by atoms with Gasteiger partial charge in [0.05, 0.1) is 22.8 Å². The summed E-state index contributed by atoms with van der Waals surface area (Å²) in [7, 11) is 9.53. The zero-order valence-corrected chi connectivity index (χ0v) is 19.3. The SMILES string of the molecule is CCCc1ccc(N=C(C)c2ccc(C(C)=Nc3ccccc3)o2)cc1.[Cl][Fe][Cl]. The van der Waals surface area contributed by atoms with Crippen molar-refractivity contribution in [2.45, 2.75) is 33.6 Å². The van der Waals surface area contributed by atoms with E-state index in [1.807, 2.05) is 56.3 Å². The van der Waals surface area contributed by atoms with Crippen LogP contribution in [-0.4, -0.2) is 11.4 Å². The average molecular weight is 471 g/mol. The zero-order valence-electron chi connectivity index (χ0n) is 16.7. The van der Waals surface area contributed by atoms with Crippen LogP contribution in [0.5, 0.6) is 0 Å². The first-order valence-corrected chi connectivity index (χ1v) is 12.3. The molecule has 3 aromatic rings. The number of hydrogen-bond acceptors (Lipinski definition) is 3. The van der Waals surface area contributed by atoms with E-state index in [9.17, 15) is 0 Å². The molecule has 2 aromatic carbocycles. The van der Waals surface area contributed by atoms with E-state index in [1.165, 1.54) is 5.56 Å². The summed E-state index contributed by atoms with van der Waals surface area (Å²) in [6.07, 6.45) is 2.26. The molecule has 0 saturated heterocycles. The van der Waals surface area contributed by atoms with Crippen LogP contribution in [0.1, 0.15) is 44.3 Å². The summed E-state index contributed by atoms with van der Waals surface area (Å²) in [5, 5.41) is 0. The van der Waals surface area contributed by atoms with Gasteiger partial charge in [0.15, 0.2) is 0 Å². The molecule has 0 spiro atoms. The Bertz CT molecular complexity index is 935. The van der Waals surface area contributed by atoms with Gasteiger partial charge in [-0.15, -0.1) is 0 Å². The summed E-state index contributed by atoms with van der Waals surface area (Å²) in [5.41, 5.74) is 4.90. The van der Waals surface area contributed by atoms with Gasteiger partial charge < -0.3 is 4.42 Å². The first kappa shape index (κ1) is 23.4. The molecular formula is C23H24Cl2FeN2O. The van der Waals surface area contributed by atoms with Gasteiger partial charge in [0, 0.05) is 0 Å². The Balaban J connectivity index is 0.000000941. The van der Waals surface area contributed by atoms with Gasteiger partial charge in [-0.2, -0.15) is 0 Å². The molecule has 0 atom stereocenters. The van der Waals surface area contributed by atoms with E-state index < -0.39 is 0 Å². The number of halogens is 2. The third kappa shape index (κ3) is 7.83. The Kier molecular flexibility index (Phi) is 10.2. The van der Waals surface area contributed by atoms with Crippen molar-refractivity contribution < 1.29 is 17.6 Å². The summed E-state index contributed by atoms with van der Waals surface area (Å²) in [6.45, 7) is 6.11. The van der Waals surface area contributed by atoms with Gasteiger partial charge in [-0.25, -0.2) is 9.98 Å². The van der Waals surface area contributed by atoms with E-state index in [4.69, 9.17) is 24.6 Å². The predicted octanol–water partition coefficient (Wildman–Crippen LogP) is 7.89. The van der Waals surface area contributed by atoms with Crippen molar-refractivity contribution in [2.75, 3.05) is 0 Å². The van der Waals surface area contributed by atoms with Gasteiger partial charge in [-0.1, -0.05) is 43.7 Å². The summed E-state index contributed by atoms with van der Waals surface area (Å²) in [6, 6.07) is 22.2. The molecule has 0 unspecified atom stereocenters. The third-order valence-corrected chi connectivity index (χ3v) is 4.14. The van der Waals surface area contributed by atoms with Gasteiger partial charge in [-0.05, 0) is 62.2 Å². The maximum absolute atomic E-state index is 5.95. The molecular weight excluding hydrogens is 447 g/mol. The molecule has 0 aliphatic heterocycles. The maximum atomic E-state index is 5.95. The number of rotatable bonds is 6. The Morgan fingerprint density at radius 2 is 1.28 bits per heavy atom. The standard InChI is InChI=1S/C23H24N2O.2ClH.Fe/c1-4-8-19-11-13-21(14-12-19)25-18(3)23-16-15-22(26-23)17(2)24-20-9-6-5-7-10-20;;;/h5-7,9-16H,4,8H2,1-3H3;2*1H;/q;;;+2/p-2. The minimum absolute atomic E-state index is 0.194. The molecule has 0 N–H and O–H groups in total. The number of nitrogens with zero attached hydrogens (tertiary/aromatic N) is 2. The van der Waals surface area contributed by atoms with Crippen molar-refractivity contribution in [3.05, 3.63) is 83.8 Å². The van der Waals surface area contributed by atoms with Crippen LogP contribution in [0.15, 0.2) is 81.1 Å². The minimum atomic E-state index is 0.194. The van der Waals surface area contributed by atoms with Crippen LogP contribution in [0.3, 0.4) is 0 Å². The molecule has 0 radical (unpaired) electrons. The van der Waals surface area contributed by atoms with E-state index in [1.54, 1.807) is 0 Å². The van der Waals surface area contributed by atoms with Crippen LogP contribution in [0.2, 0.25) is 0 Å². The van der Waals surface area contributed by atoms with Crippen LogP contribution in [0.4, 0.5) is 11.4 Å². The van der Waals surface area contributed by atoms with Gasteiger partial charge in [0.2, 0.25) is 0 Å². The molecule has 1 heterocycles. The Morgan fingerprint density at radius 3 is 1.76 bits per heavy atom. The van der Waals surface area contributed by atoms with Crippen LogP contribution in [0, 0.1) is 0 Å². The van der Waals surface area contributed by atoms with E-state index in [0.717, 1.165) is 47.2 Å². The number of aliphatic imine (C=N–C) groups is 2. The zero-order chi connectivity index (χ0) is 21.1. The normalized spacial score (nSPS) is 11.9. The molecule has 0 aliphatic carbocycles. The van der Waals surface area contributed by atoms with Crippen molar-refractivity contribution in [1.82, 2.24) is 0 Å². The molecule has 0 fully saturated rings. The molecule has 0 aliphatic rings. The Hall–Kier alpha value is -1.84. The monoisotopic (exact) mass is 470 g/mol. The number of hydrogen-bond donors (Lipinski definition) is 0. The van der Waals surface area contributed by atoms with Crippen LogP contribution < -0.4 is 0 Å². The second kappa shape index (κ2) is 12.7. The summed E-state index contributed by atoms with van der Waals surface area (Å²) < 4.78 is 5.95. The topological polar surface area (TPSA) is 37.9 Å². The van der Waals surface area contributed by atoms with E-state index in [0.29, 0.717) is 0 Å². The van der Waals surface area contributed by atoms with Crippen LogP contribution in [0.25, 0.3) is 0 Å². The van der Waals surface area contributed by atoms with Crippen LogP contribution in [-0.2, 0) is 19.6 Å². The summed E-state index contributed by atoms with van der Waals surface area (Å²) in [4.78, 5) is 9.27. The number of aryl methyl sites for hydroxylation is 1. The molecule has 6 heteroatoms. The molecule has 3 rings (SSSR count). The van der Waals surface area contributed by atoms with Crippen molar-refractivity contribution >= 4 is 43.0 Å². The predicted molar refractivity (Wildman–Crippen MR) is 121 cm³/mol. The first-order valence-electron chi connectivity index (χ1n) is 9.27. The molecule has 0 saturated carbocycles. The molecule has 154 valence electrons. The molecule has 3 nitrogen and oxygen atoms in total. The van der Waals surface area contributed by atoms with Crippen LogP contribution >= 0.6 is 20.2 Å². The second-order valence-electron chi connectivity index (χ2n) is 6.36. The number of furan rings is 1. The second-order valence-corrected chi connectivity index (χ2v) is 8.18. The molecule has 1 aromatic heterocycles. The molecule has 0 bridgehead atoms. The summed E-state index contributed by atoms with van der Waals surface area (Å²) in [5.74, 6) is 1.52. The Morgan fingerprint density at radius 1 is 0.793 bits per heavy atom. The van der Waals surface area contributed by atoms with Gasteiger partial charge in [0.1, 0.15) is 11.5 Å². The Labute approximate surface area is 187 Å². The molecule has 29 heavy (non-hydrogen) atoms.